The lowest BCUT2D eigenvalue weighted by atomic mass is 10.4. The second-order valence-corrected chi connectivity index (χ2v) is 1.81. The molecule has 2 amide bonds. The van der Waals surface area contributed by atoms with Gasteiger partial charge in [0.15, 0.2) is 0 Å². The van der Waals surface area contributed by atoms with Crippen LogP contribution in [0.5, 0.6) is 0 Å². The van der Waals surface area contributed by atoms with Crippen molar-refractivity contribution in [3.63, 3.8) is 0 Å². The van der Waals surface area contributed by atoms with E-state index in [1.54, 1.807) is 18.2 Å². The number of amides is 2. The van der Waals surface area contributed by atoms with E-state index in [0.29, 0.717) is 18.6 Å². The van der Waals surface area contributed by atoms with Gasteiger partial charge in [0, 0.05) is 6.20 Å². The molecule has 11 heavy (non-hydrogen) atoms. The summed E-state index contributed by atoms with van der Waals surface area (Å²) in [7, 11) is 0. The van der Waals surface area contributed by atoms with Gasteiger partial charge in [0.25, 0.3) is 0 Å². The lowest BCUT2D eigenvalue weighted by Crippen LogP contribution is -2.19. The van der Waals surface area contributed by atoms with Crippen LogP contribution in [0.25, 0.3) is 0 Å². The van der Waals surface area contributed by atoms with Crippen LogP contribution in [0.2, 0.25) is 0 Å². The fourth-order valence-corrected chi connectivity index (χ4v) is 0.639. The number of nitrogens with zero attached hydrogens (tertiary/aromatic N) is 2. The average Bonchev–Trinajstić information content (AvgIpc) is 2.09. The second kappa shape index (κ2) is 3.46. The second-order valence-electron chi connectivity index (χ2n) is 1.81. The number of hydrogen-bond donors (Lipinski definition) is 0. The van der Waals surface area contributed by atoms with E-state index in [1.165, 1.54) is 6.20 Å². The van der Waals surface area contributed by atoms with Gasteiger partial charge in [-0.25, -0.2) is 9.88 Å². The first-order chi connectivity index (χ1) is 5.38. The zero-order chi connectivity index (χ0) is 8.10. The first kappa shape index (κ1) is 7.40. The molecular formula is C7H6N2O2. The van der Waals surface area contributed by atoms with Crippen LogP contribution in [0.15, 0.2) is 24.4 Å². The van der Waals surface area contributed by atoms with E-state index >= 15 is 0 Å². The molecule has 56 valence electrons. The predicted octanol–water partition coefficient (Wildman–Crippen LogP) is 0.201. The molecule has 0 aliphatic rings. The summed E-state index contributed by atoms with van der Waals surface area (Å²) in [5, 5.41) is 0. The Hall–Kier alpha value is -1.71. The van der Waals surface area contributed by atoms with Gasteiger partial charge in [-0.1, -0.05) is 6.07 Å². The Morgan fingerprint density at radius 1 is 1.27 bits per heavy atom. The van der Waals surface area contributed by atoms with Gasteiger partial charge in [-0.05, 0) is 12.1 Å². The highest BCUT2D eigenvalue weighted by Crippen LogP contribution is 2.03. The molecule has 1 aromatic heterocycles. The quantitative estimate of drug-likeness (QED) is 0.578. The van der Waals surface area contributed by atoms with Gasteiger partial charge in [-0.3, -0.25) is 9.59 Å². The van der Waals surface area contributed by atoms with Gasteiger partial charge in [0.1, 0.15) is 5.82 Å². The number of pyridine rings is 1. The highest BCUT2D eigenvalue weighted by molar-refractivity contribution is 5.93. The van der Waals surface area contributed by atoms with Crippen molar-refractivity contribution in [2.75, 3.05) is 4.90 Å². The molecule has 4 heteroatoms. The number of carbonyl (C=O) groups excluding carboxylic acids is 2. The van der Waals surface area contributed by atoms with Crippen molar-refractivity contribution in [3.05, 3.63) is 24.4 Å². The van der Waals surface area contributed by atoms with E-state index in [4.69, 9.17) is 0 Å². The summed E-state index contributed by atoms with van der Waals surface area (Å²) in [6.07, 6.45) is 2.33. The number of imide groups is 1. The zero-order valence-electron chi connectivity index (χ0n) is 5.68. The van der Waals surface area contributed by atoms with Crippen LogP contribution >= 0.6 is 0 Å². The van der Waals surface area contributed by atoms with Crippen LogP contribution in [0.3, 0.4) is 0 Å². The van der Waals surface area contributed by atoms with Gasteiger partial charge in [0.2, 0.25) is 12.8 Å². The molecule has 0 saturated carbocycles. The van der Waals surface area contributed by atoms with Gasteiger partial charge in [-0.15, -0.1) is 0 Å². The molecule has 0 radical (unpaired) electrons. The fourth-order valence-electron chi connectivity index (χ4n) is 0.639. The number of rotatable bonds is 3. The third-order valence-electron chi connectivity index (χ3n) is 1.14. The highest BCUT2D eigenvalue weighted by atomic mass is 16.2. The summed E-state index contributed by atoms with van der Waals surface area (Å²) in [6.45, 7) is 0. The average molecular weight is 150 g/mol. The van der Waals surface area contributed by atoms with Crippen LogP contribution < -0.4 is 4.90 Å². The number of anilines is 1. The van der Waals surface area contributed by atoms with Crippen molar-refractivity contribution in [3.8, 4) is 0 Å². The van der Waals surface area contributed by atoms with Crippen molar-refractivity contribution in [2.45, 2.75) is 0 Å². The van der Waals surface area contributed by atoms with Crippen LogP contribution in [0.1, 0.15) is 0 Å². The summed E-state index contributed by atoms with van der Waals surface area (Å²) >= 11 is 0. The third-order valence-corrected chi connectivity index (χ3v) is 1.14. The molecule has 0 N–H and O–H groups in total. The Balaban J connectivity index is 2.90. The minimum absolute atomic E-state index is 0.331. The van der Waals surface area contributed by atoms with Gasteiger partial charge >= 0.3 is 0 Å². The summed E-state index contributed by atoms with van der Waals surface area (Å²) in [4.78, 5) is 25.0. The fraction of sp³-hybridized carbons (Fsp3) is 0. The predicted molar refractivity (Wildman–Crippen MR) is 38.8 cm³/mol. The van der Waals surface area contributed by atoms with Crippen molar-refractivity contribution in [1.29, 1.82) is 0 Å². The lowest BCUT2D eigenvalue weighted by Gasteiger charge is -2.04. The van der Waals surface area contributed by atoms with Crippen LogP contribution in [0.4, 0.5) is 5.82 Å². The SMILES string of the molecule is O=CN(C=O)c1ccccn1. The molecular weight excluding hydrogens is 144 g/mol. The van der Waals surface area contributed by atoms with E-state index in [0.717, 1.165) is 4.90 Å². The Bertz CT molecular complexity index is 240. The van der Waals surface area contributed by atoms with E-state index in [1.807, 2.05) is 0 Å². The van der Waals surface area contributed by atoms with E-state index < -0.39 is 0 Å². The first-order valence-electron chi connectivity index (χ1n) is 2.98. The number of carbonyl (C=O) groups is 2. The topological polar surface area (TPSA) is 50.3 Å². The molecule has 0 aliphatic carbocycles. The normalized spacial score (nSPS) is 8.73. The minimum Gasteiger partial charge on any atom is -0.278 e. The molecule has 0 saturated heterocycles. The molecule has 0 atom stereocenters. The number of aromatic nitrogens is 1. The Labute approximate surface area is 63.5 Å². The van der Waals surface area contributed by atoms with E-state index in [9.17, 15) is 9.59 Å². The van der Waals surface area contributed by atoms with E-state index in [-0.39, 0.29) is 0 Å². The minimum atomic E-state index is 0.331. The molecule has 0 unspecified atom stereocenters. The smallest absolute Gasteiger partial charge is 0.221 e. The zero-order valence-corrected chi connectivity index (χ0v) is 5.68. The summed E-state index contributed by atoms with van der Waals surface area (Å²) < 4.78 is 0. The van der Waals surface area contributed by atoms with Gasteiger partial charge in [-0.2, -0.15) is 0 Å². The van der Waals surface area contributed by atoms with Gasteiger partial charge < -0.3 is 0 Å². The molecule has 0 bridgehead atoms. The molecule has 0 aromatic carbocycles. The Kier molecular flexibility index (Phi) is 2.32. The number of hydrogen-bond acceptors (Lipinski definition) is 3. The first-order valence-corrected chi connectivity index (χ1v) is 2.98. The van der Waals surface area contributed by atoms with Crippen molar-refractivity contribution >= 4 is 18.6 Å². The maximum absolute atomic E-state index is 10.2. The molecule has 1 heterocycles. The van der Waals surface area contributed by atoms with Crippen molar-refractivity contribution in [1.82, 2.24) is 4.98 Å². The largest absolute Gasteiger partial charge is 0.278 e. The molecule has 0 spiro atoms. The molecule has 1 rings (SSSR count). The van der Waals surface area contributed by atoms with Crippen LogP contribution in [-0.2, 0) is 9.59 Å². The van der Waals surface area contributed by atoms with Crippen molar-refractivity contribution < 1.29 is 9.59 Å². The molecule has 4 nitrogen and oxygen atoms in total. The maximum Gasteiger partial charge on any atom is 0.221 e. The molecule has 1 aromatic rings. The van der Waals surface area contributed by atoms with Crippen LogP contribution in [-0.4, -0.2) is 17.8 Å². The maximum atomic E-state index is 10.2. The molecule has 0 fully saturated rings. The summed E-state index contributed by atoms with van der Waals surface area (Å²) in [5.41, 5.74) is 0. The van der Waals surface area contributed by atoms with E-state index in [2.05, 4.69) is 4.98 Å². The summed E-state index contributed by atoms with van der Waals surface area (Å²) in [5.74, 6) is 0.331. The monoisotopic (exact) mass is 150 g/mol. The Morgan fingerprint density at radius 3 is 2.45 bits per heavy atom. The summed E-state index contributed by atoms with van der Waals surface area (Å²) in [6, 6.07) is 4.97. The Morgan fingerprint density at radius 2 is 2.00 bits per heavy atom. The van der Waals surface area contributed by atoms with Crippen molar-refractivity contribution in [2.24, 2.45) is 0 Å². The highest BCUT2D eigenvalue weighted by Gasteiger charge is 2.01. The van der Waals surface area contributed by atoms with Crippen LogP contribution in [0, 0.1) is 0 Å². The lowest BCUT2D eigenvalue weighted by molar-refractivity contribution is -0.114. The van der Waals surface area contributed by atoms with Gasteiger partial charge in [0.05, 0.1) is 0 Å². The standard InChI is InChI=1S/C7H6N2O2/c10-5-9(6-11)7-3-1-2-4-8-7/h1-6H. The third kappa shape index (κ3) is 1.61. The molecule has 0 aliphatic heterocycles.